The molecule has 1 aromatic heterocycles. The minimum atomic E-state index is 0. The van der Waals surface area contributed by atoms with E-state index in [-0.39, 0.29) is 18.4 Å². The number of hydrogen-bond acceptors (Lipinski definition) is 4. The number of nitrogen functional groups attached to an aromatic ring is 1. The first kappa shape index (κ1) is 7.23. The third-order valence-corrected chi connectivity index (χ3v) is 0.542. The Morgan fingerprint density at radius 2 is 2.12 bits per heavy atom. The van der Waals surface area contributed by atoms with Crippen LogP contribution >= 0.6 is 12.4 Å². The predicted molar refractivity (Wildman–Crippen MR) is 30.7 cm³/mol. The highest BCUT2D eigenvalue weighted by Gasteiger charge is 1.90. The molecule has 2 N–H and O–H groups in total. The Kier molecular flexibility index (Phi) is 2.27. The van der Waals surface area contributed by atoms with Crippen LogP contribution in [-0.4, -0.2) is 10.2 Å². The first-order valence-corrected chi connectivity index (χ1v) is 1.84. The molecule has 0 saturated carbocycles. The third-order valence-electron chi connectivity index (χ3n) is 0.542. The van der Waals surface area contributed by atoms with Gasteiger partial charge in [-0.05, 0) is 0 Å². The van der Waals surface area contributed by atoms with Crippen LogP contribution in [0.15, 0.2) is 4.42 Å². The molecule has 0 aliphatic rings. The summed E-state index contributed by atoms with van der Waals surface area (Å²) in [6, 6.07) is 0.123. The number of aromatic nitrogens is 2. The molecule has 0 fully saturated rings. The summed E-state index contributed by atoms with van der Waals surface area (Å²) in [5, 5.41) is 6.85. The first-order valence-electron chi connectivity index (χ1n) is 1.84. The van der Waals surface area contributed by atoms with Gasteiger partial charge in [0.25, 0.3) is 0 Å². The number of aryl methyl sites for hydroxylation is 1. The van der Waals surface area contributed by atoms with Crippen molar-refractivity contribution < 1.29 is 4.42 Å². The van der Waals surface area contributed by atoms with Gasteiger partial charge in [-0.15, -0.1) is 17.5 Å². The molecular weight excluding hydrogens is 130 g/mol. The van der Waals surface area contributed by atoms with Gasteiger partial charge in [-0.1, -0.05) is 5.10 Å². The van der Waals surface area contributed by atoms with Crippen molar-refractivity contribution in [1.82, 2.24) is 10.2 Å². The summed E-state index contributed by atoms with van der Waals surface area (Å²) in [6.07, 6.45) is 0. The second kappa shape index (κ2) is 2.52. The molecule has 0 aliphatic heterocycles. The number of hydrogen-bond donors (Lipinski definition) is 1. The van der Waals surface area contributed by atoms with Gasteiger partial charge in [0.05, 0.1) is 0 Å². The monoisotopic (exact) mass is 135 g/mol. The lowest BCUT2D eigenvalue weighted by Gasteiger charge is -1.70. The Bertz CT molecular complexity index is 147. The van der Waals surface area contributed by atoms with Crippen molar-refractivity contribution in [3.05, 3.63) is 5.89 Å². The van der Waals surface area contributed by atoms with Crippen LogP contribution in [0.25, 0.3) is 0 Å². The molecule has 0 amide bonds. The fraction of sp³-hybridized carbons (Fsp3) is 0.333. The summed E-state index contributed by atoms with van der Waals surface area (Å²) < 4.78 is 4.64. The van der Waals surface area contributed by atoms with Crippen molar-refractivity contribution >= 4 is 18.4 Å². The van der Waals surface area contributed by atoms with E-state index < -0.39 is 0 Å². The largest absolute Gasteiger partial charge is 0.409 e. The summed E-state index contributed by atoms with van der Waals surface area (Å²) >= 11 is 0. The number of halogens is 1. The smallest absolute Gasteiger partial charge is 0.312 e. The fourth-order valence-electron chi connectivity index (χ4n) is 0.312. The minimum absolute atomic E-state index is 0. The van der Waals surface area contributed by atoms with Crippen LogP contribution in [0.2, 0.25) is 0 Å². The lowest BCUT2D eigenvalue weighted by Crippen LogP contribution is -1.81. The third kappa shape index (κ3) is 1.38. The van der Waals surface area contributed by atoms with E-state index >= 15 is 0 Å². The predicted octanol–water partition coefficient (Wildman–Crippen LogP) is 0.382. The maximum Gasteiger partial charge on any atom is 0.312 e. The average Bonchev–Trinajstić information content (AvgIpc) is 1.87. The van der Waals surface area contributed by atoms with E-state index in [9.17, 15) is 0 Å². The standard InChI is InChI=1S/C3H5N3O.ClH/c1-2-5-6-3(4)7-2;/h1H3,(H2,4,6);1H. The van der Waals surface area contributed by atoms with Crippen LogP contribution in [0.1, 0.15) is 5.89 Å². The minimum Gasteiger partial charge on any atom is -0.409 e. The van der Waals surface area contributed by atoms with Gasteiger partial charge < -0.3 is 10.2 Å². The number of anilines is 1. The second-order valence-electron chi connectivity index (χ2n) is 1.16. The van der Waals surface area contributed by atoms with Gasteiger partial charge in [0.1, 0.15) is 0 Å². The zero-order valence-corrected chi connectivity index (χ0v) is 5.10. The van der Waals surface area contributed by atoms with Crippen molar-refractivity contribution in [3.63, 3.8) is 0 Å². The topological polar surface area (TPSA) is 64.9 Å². The van der Waals surface area contributed by atoms with Crippen molar-refractivity contribution in [2.45, 2.75) is 6.92 Å². The molecule has 0 aliphatic carbocycles. The molecule has 8 heavy (non-hydrogen) atoms. The van der Waals surface area contributed by atoms with Crippen molar-refractivity contribution in [2.24, 2.45) is 0 Å². The quantitative estimate of drug-likeness (QED) is 0.559. The van der Waals surface area contributed by atoms with Gasteiger partial charge in [-0.3, -0.25) is 0 Å². The molecule has 46 valence electrons. The second-order valence-corrected chi connectivity index (χ2v) is 1.16. The van der Waals surface area contributed by atoms with E-state index in [1.165, 1.54) is 0 Å². The Labute approximate surface area is 52.5 Å². The zero-order valence-electron chi connectivity index (χ0n) is 4.29. The zero-order chi connectivity index (χ0) is 5.28. The number of nitrogens with zero attached hydrogens (tertiary/aromatic N) is 2. The molecule has 5 heteroatoms. The Hall–Kier alpha value is -0.770. The Balaban J connectivity index is 0.000000490. The van der Waals surface area contributed by atoms with Gasteiger partial charge in [-0.25, -0.2) is 0 Å². The fourth-order valence-corrected chi connectivity index (χ4v) is 0.312. The number of rotatable bonds is 0. The summed E-state index contributed by atoms with van der Waals surface area (Å²) in [6.45, 7) is 1.68. The average molecular weight is 136 g/mol. The summed E-state index contributed by atoms with van der Waals surface area (Å²) in [4.78, 5) is 0. The molecule has 4 nitrogen and oxygen atoms in total. The lowest BCUT2D eigenvalue weighted by molar-refractivity contribution is 0.537. The number of nitrogens with two attached hydrogens (primary N) is 1. The molecule has 0 atom stereocenters. The van der Waals surface area contributed by atoms with Crippen molar-refractivity contribution in [1.29, 1.82) is 0 Å². The van der Waals surface area contributed by atoms with Gasteiger partial charge in [0.2, 0.25) is 5.89 Å². The van der Waals surface area contributed by atoms with E-state index in [1.807, 2.05) is 0 Å². The van der Waals surface area contributed by atoms with E-state index in [2.05, 4.69) is 14.6 Å². The molecule has 0 aromatic carbocycles. The molecule has 0 radical (unpaired) electrons. The highest BCUT2D eigenvalue weighted by atomic mass is 35.5. The van der Waals surface area contributed by atoms with Gasteiger partial charge in [0.15, 0.2) is 0 Å². The van der Waals surface area contributed by atoms with Crippen LogP contribution in [0.4, 0.5) is 6.01 Å². The maximum atomic E-state index is 5.04. The van der Waals surface area contributed by atoms with E-state index in [4.69, 9.17) is 5.73 Å². The van der Waals surface area contributed by atoms with Crippen LogP contribution in [-0.2, 0) is 0 Å². The Morgan fingerprint density at radius 3 is 2.25 bits per heavy atom. The Morgan fingerprint density at radius 1 is 1.50 bits per heavy atom. The van der Waals surface area contributed by atoms with Gasteiger partial charge in [-0.2, -0.15) is 0 Å². The van der Waals surface area contributed by atoms with E-state index in [0.717, 1.165) is 0 Å². The molecule has 0 spiro atoms. The van der Waals surface area contributed by atoms with Gasteiger partial charge >= 0.3 is 6.01 Å². The SMILES string of the molecule is Cc1nnc(N)o1.Cl. The first-order chi connectivity index (χ1) is 3.29. The highest BCUT2D eigenvalue weighted by molar-refractivity contribution is 5.85. The molecule has 1 rings (SSSR count). The van der Waals surface area contributed by atoms with Crippen LogP contribution < -0.4 is 5.73 Å². The van der Waals surface area contributed by atoms with Crippen LogP contribution in [0, 0.1) is 6.92 Å². The van der Waals surface area contributed by atoms with Crippen molar-refractivity contribution in [2.75, 3.05) is 5.73 Å². The summed E-state index contributed by atoms with van der Waals surface area (Å²) in [7, 11) is 0. The summed E-state index contributed by atoms with van der Waals surface area (Å²) in [5.41, 5.74) is 5.04. The van der Waals surface area contributed by atoms with Crippen LogP contribution in [0.5, 0.6) is 0 Å². The lowest BCUT2D eigenvalue weighted by atomic mass is 10.8. The van der Waals surface area contributed by atoms with Crippen LogP contribution in [0.3, 0.4) is 0 Å². The molecule has 1 aromatic rings. The molecule has 1 heterocycles. The normalized spacial score (nSPS) is 8.12. The molecular formula is C3H6ClN3O. The molecule has 0 saturated heterocycles. The molecule has 0 unspecified atom stereocenters. The highest BCUT2D eigenvalue weighted by Crippen LogP contribution is 1.95. The van der Waals surface area contributed by atoms with E-state index in [0.29, 0.717) is 5.89 Å². The van der Waals surface area contributed by atoms with Crippen molar-refractivity contribution in [3.8, 4) is 0 Å². The maximum absolute atomic E-state index is 5.04. The van der Waals surface area contributed by atoms with Gasteiger partial charge in [0, 0.05) is 6.92 Å². The summed E-state index contributed by atoms with van der Waals surface area (Å²) in [5.74, 6) is 0.498. The van der Waals surface area contributed by atoms with E-state index in [1.54, 1.807) is 6.92 Å². The molecule has 0 bridgehead atoms.